The second-order valence-electron chi connectivity index (χ2n) is 5.33. The van der Waals surface area contributed by atoms with Gasteiger partial charge in [0.1, 0.15) is 5.82 Å². The maximum atomic E-state index is 5.74. The minimum absolute atomic E-state index is 0.712. The first-order valence-electron chi connectivity index (χ1n) is 7.11. The number of nitrogens with two attached hydrogens (primary N) is 1. The van der Waals surface area contributed by atoms with Gasteiger partial charge < -0.3 is 10.6 Å². The molecule has 106 valence electrons. The van der Waals surface area contributed by atoms with Gasteiger partial charge in [0.25, 0.3) is 0 Å². The van der Waals surface area contributed by atoms with Gasteiger partial charge in [0.05, 0.1) is 11.9 Å². The lowest BCUT2D eigenvalue weighted by molar-refractivity contribution is 0.885. The Kier molecular flexibility index (Phi) is 4.61. The molecule has 0 saturated heterocycles. The number of hydrogen-bond donors (Lipinski definition) is 1. The first-order valence-corrected chi connectivity index (χ1v) is 7.11. The fourth-order valence-corrected chi connectivity index (χ4v) is 2.44. The normalized spacial score (nSPS) is 10.6. The lowest BCUT2D eigenvalue weighted by Gasteiger charge is -2.20. The second-order valence-corrected chi connectivity index (χ2v) is 5.33. The highest BCUT2D eigenvalue weighted by Gasteiger charge is 2.07. The van der Waals surface area contributed by atoms with Crippen LogP contribution in [0.3, 0.4) is 0 Å². The Morgan fingerprint density at radius 1 is 1.15 bits per heavy atom. The van der Waals surface area contributed by atoms with E-state index in [1.165, 1.54) is 17.5 Å². The largest absolute Gasteiger partial charge is 0.397 e. The number of anilines is 2. The molecular formula is C17H23N3. The SMILES string of the molecule is CCCc1ccc(CN(C)c2ncc(N)cc2C)cc1. The molecule has 0 aliphatic heterocycles. The van der Waals surface area contributed by atoms with Gasteiger partial charge in [-0.25, -0.2) is 4.98 Å². The first kappa shape index (κ1) is 14.4. The van der Waals surface area contributed by atoms with Gasteiger partial charge in [0.2, 0.25) is 0 Å². The topological polar surface area (TPSA) is 42.2 Å². The Bertz CT molecular complexity index is 561. The number of aryl methyl sites for hydroxylation is 2. The third-order valence-corrected chi connectivity index (χ3v) is 3.41. The minimum Gasteiger partial charge on any atom is -0.397 e. The molecule has 1 aromatic heterocycles. The number of benzene rings is 1. The highest BCUT2D eigenvalue weighted by atomic mass is 15.2. The van der Waals surface area contributed by atoms with Crippen LogP contribution < -0.4 is 10.6 Å². The molecule has 1 heterocycles. The lowest BCUT2D eigenvalue weighted by atomic mass is 10.1. The molecule has 1 aromatic carbocycles. The number of hydrogen-bond acceptors (Lipinski definition) is 3. The van der Waals surface area contributed by atoms with E-state index in [0.717, 1.165) is 24.3 Å². The van der Waals surface area contributed by atoms with E-state index in [-0.39, 0.29) is 0 Å². The maximum Gasteiger partial charge on any atom is 0.131 e. The summed E-state index contributed by atoms with van der Waals surface area (Å²) in [5.74, 6) is 0.983. The van der Waals surface area contributed by atoms with E-state index in [9.17, 15) is 0 Å². The first-order chi connectivity index (χ1) is 9.60. The van der Waals surface area contributed by atoms with Crippen molar-refractivity contribution in [2.45, 2.75) is 33.2 Å². The summed E-state index contributed by atoms with van der Waals surface area (Å²) < 4.78 is 0. The molecule has 0 bridgehead atoms. The quantitative estimate of drug-likeness (QED) is 0.902. The predicted octanol–water partition coefficient (Wildman–Crippen LogP) is 3.56. The fourth-order valence-electron chi connectivity index (χ4n) is 2.44. The van der Waals surface area contributed by atoms with Crippen LogP contribution in [0.4, 0.5) is 11.5 Å². The van der Waals surface area contributed by atoms with E-state index < -0.39 is 0 Å². The van der Waals surface area contributed by atoms with E-state index in [0.29, 0.717) is 5.69 Å². The summed E-state index contributed by atoms with van der Waals surface area (Å²) in [5, 5.41) is 0. The van der Waals surface area contributed by atoms with E-state index in [1.54, 1.807) is 6.20 Å². The number of rotatable bonds is 5. The number of nitrogens with zero attached hydrogens (tertiary/aromatic N) is 2. The zero-order chi connectivity index (χ0) is 14.5. The second kappa shape index (κ2) is 6.42. The van der Waals surface area contributed by atoms with Crippen LogP contribution in [0.1, 0.15) is 30.0 Å². The molecule has 20 heavy (non-hydrogen) atoms. The molecule has 0 saturated carbocycles. The lowest BCUT2D eigenvalue weighted by Crippen LogP contribution is -2.18. The molecule has 2 rings (SSSR count). The minimum atomic E-state index is 0.712. The Balaban J connectivity index is 2.08. The Morgan fingerprint density at radius 2 is 1.80 bits per heavy atom. The molecule has 0 amide bonds. The molecule has 0 radical (unpaired) electrons. The van der Waals surface area contributed by atoms with Crippen molar-refractivity contribution in [3.63, 3.8) is 0 Å². The third kappa shape index (κ3) is 3.50. The van der Waals surface area contributed by atoms with E-state index >= 15 is 0 Å². The van der Waals surface area contributed by atoms with Gasteiger partial charge in [0.15, 0.2) is 0 Å². The molecule has 3 nitrogen and oxygen atoms in total. The van der Waals surface area contributed by atoms with Crippen LogP contribution in [-0.2, 0) is 13.0 Å². The van der Waals surface area contributed by atoms with Crippen molar-refractivity contribution < 1.29 is 0 Å². The summed E-state index contributed by atoms with van der Waals surface area (Å²) in [6.45, 7) is 5.10. The summed E-state index contributed by atoms with van der Waals surface area (Å²) >= 11 is 0. The van der Waals surface area contributed by atoms with Gasteiger partial charge in [-0.1, -0.05) is 37.6 Å². The van der Waals surface area contributed by atoms with Gasteiger partial charge in [0, 0.05) is 13.6 Å². The molecule has 2 aromatic rings. The Hall–Kier alpha value is -2.03. The highest BCUT2D eigenvalue weighted by Crippen LogP contribution is 2.19. The number of aromatic nitrogens is 1. The summed E-state index contributed by atoms with van der Waals surface area (Å²) in [6, 6.07) is 10.8. The zero-order valence-electron chi connectivity index (χ0n) is 12.6. The molecular weight excluding hydrogens is 246 g/mol. The van der Waals surface area contributed by atoms with E-state index in [1.807, 2.05) is 13.0 Å². The van der Waals surface area contributed by atoms with Crippen LogP contribution in [0, 0.1) is 6.92 Å². The van der Waals surface area contributed by atoms with Gasteiger partial charge in [-0.05, 0) is 36.1 Å². The van der Waals surface area contributed by atoms with Crippen LogP contribution in [-0.4, -0.2) is 12.0 Å². The Labute approximate surface area is 121 Å². The van der Waals surface area contributed by atoms with E-state index in [4.69, 9.17) is 5.73 Å². The molecule has 2 N–H and O–H groups in total. The monoisotopic (exact) mass is 269 g/mol. The van der Waals surface area contributed by atoms with Gasteiger partial charge in [-0.15, -0.1) is 0 Å². The van der Waals surface area contributed by atoms with Crippen LogP contribution in [0.25, 0.3) is 0 Å². The highest BCUT2D eigenvalue weighted by molar-refractivity contribution is 5.52. The summed E-state index contributed by atoms with van der Waals surface area (Å²) in [5.41, 5.74) is 10.3. The van der Waals surface area contributed by atoms with E-state index in [2.05, 4.69) is 48.1 Å². The third-order valence-electron chi connectivity index (χ3n) is 3.41. The molecule has 0 aliphatic rings. The van der Waals surface area contributed by atoms with Crippen LogP contribution in [0.15, 0.2) is 36.5 Å². The standard InChI is InChI=1S/C17H23N3/c1-4-5-14-6-8-15(9-7-14)12-20(3)17-13(2)10-16(18)11-19-17/h6-11H,4-5,12,18H2,1-3H3. The van der Waals surface area contributed by atoms with Crippen molar-refractivity contribution in [3.8, 4) is 0 Å². The van der Waals surface area contributed by atoms with Crippen molar-refractivity contribution in [2.24, 2.45) is 0 Å². The van der Waals surface area contributed by atoms with Crippen molar-refractivity contribution in [3.05, 3.63) is 53.2 Å². The molecule has 0 unspecified atom stereocenters. The van der Waals surface area contributed by atoms with Crippen molar-refractivity contribution in [1.29, 1.82) is 0 Å². The average Bonchev–Trinajstić information content (AvgIpc) is 2.41. The predicted molar refractivity (Wildman–Crippen MR) is 85.9 cm³/mol. The summed E-state index contributed by atoms with van der Waals surface area (Å²) in [4.78, 5) is 6.58. The average molecular weight is 269 g/mol. The van der Waals surface area contributed by atoms with Crippen molar-refractivity contribution in [1.82, 2.24) is 4.98 Å². The number of nitrogen functional groups attached to an aromatic ring is 1. The van der Waals surface area contributed by atoms with Gasteiger partial charge in [-0.2, -0.15) is 0 Å². The summed E-state index contributed by atoms with van der Waals surface area (Å²) in [7, 11) is 2.06. The Morgan fingerprint density at radius 3 is 2.40 bits per heavy atom. The van der Waals surface area contributed by atoms with Gasteiger partial charge in [-0.3, -0.25) is 0 Å². The molecule has 0 aliphatic carbocycles. The zero-order valence-corrected chi connectivity index (χ0v) is 12.6. The maximum absolute atomic E-state index is 5.74. The van der Waals surface area contributed by atoms with Gasteiger partial charge >= 0.3 is 0 Å². The van der Waals surface area contributed by atoms with Crippen LogP contribution in [0.5, 0.6) is 0 Å². The smallest absolute Gasteiger partial charge is 0.131 e. The van der Waals surface area contributed by atoms with Crippen molar-refractivity contribution >= 4 is 11.5 Å². The summed E-state index contributed by atoms with van der Waals surface area (Å²) in [6.07, 6.45) is 4.05. The molecule has 0 fully saturated rings. The molecule has 3 heteroatoms. The molecule has 0 atom stereocenters. The van der Waals surface area contributed by atoms with Crippen LogP contribution in [0.2, 0.25) is 0 Å². The number of pyridine rings is 1. The fraction of sp³-hybridized carbons (Fsp3) is 0.353. The van der Waals surface area contributed by atoms with Crippen molar-refractivity contribution in [2.75, 3.05) is 17.7 Å². The molecule has 0 spiro atoms. The van der Waals surface area contributed by atoms with Crippen LogP contribution >= 0.6 is 0 Å².